The van der Waals surface area contributed by atoms with Crippen molar-refractivity contribution in [1.29, 1.82) is 5.26 Å². The van der Waals surface area contributed by atoms with Gasteiger partial charge in [-0.3, -0.25) is 0 Å². The molecule has 0 atom stereocenters. The van der Waals surface area contributed by atoms with Crippen LogP contribution in [0.5, 0.6) is 0 Å². The van der Waals surface area contributed by atoms with E-state index in [2.05, 4.69) is 4.98 Å². The Morgan fingerprint density at radius 2 is 2.00 bits per heavy atom. The van der Waals surface area contributed by atoms with Crippen LogP contribution in [-0.2, 0) is 6.18 Å². The fraction of sp³-hybridized carbons (Fsp3) is 0.0909. The van der Waals surface area contributed by atoms with E-state index in [0.29, 0.717) is 6.07 Å². The lowest BCUT2D eigenvalue weighted by molar-refractivity contribution is -0.139. The molecule has 0 unspecified atom stereocenters. The van der Waals surface area contributed by atoms with Gasteiger partial charge in [0.2, 0.25) is 17.5 Å². The Bertz CT molecular complexity index is 670. The quantitative estimate of drug-likeness (QED) is 0.809. The number of nitrogens with two attached hydrogens (primary N) is 1. The maximum atomic E-state index is 13.8. The Morgan fingerprint density at radius 3 is 2.53 bits per heavy atom. The number of oxazole rings is 1. The third-order valence-corrected chi connectivity index (χ3v) is 2.29. The first-order valence-electron chi connectivity index (χ1n) is 4.87. The lowest BCUT2D eigenvalue weighted by Crippen LogP contribution is -2.08. The van der Waals surface area contributed by atoms with Crippen molar-refractivity contribution in [2.24, 2.45) is 0 Å². The van der Waals surface area contributed by atoms with Crippen LogP contribution in [0.1, 0.15) is 11.3 Å². The van der Waals surface area contributed by atoms with Gasteiger partial charge in [0.1, 0.15) is 11.9 Å². The van der Waals surface area contributed by atoms with E-state index < -0.39 is 29.0 Å². The lowest BCUT2D eigenvalue weighted by Gasteiger charge is -2.09. The number of anilines is 1. The van der Waals surface area contributed by atoms with Crippen molar-refractivity contribution in [2.45, 2.75) is 6.18 Å². The molecule has 2 rings (SSSR count). The standard InChI is InChI=1S/C11H5F4N3O/c12-8-5(2-1-3-6(8)11(13,14)15)10-18-7(4-16)9(17)19-10/h1-3H,17H2. The molecule has 0 aliphatic rings. The van der Waals surface area contributed by atoms with E-state index in [-0.39, 0.29) is 11.6 Å². The molecule has 98 valence electrons. The maximum absolute atomic E-state index is 13.8. The number of halogens is 4. The predicted octanol–water partition coefficient (Wildman–Crippen LogP) is 2.95. The molecule has 0 saturated heterocycles. The van der Waals surface area contributed by atoms with Crippen molar-refractivity contribution in [2.75, 3.05) is 5.73 Å². The number of benzene rings is 1. The van der Waals surface area contributed by atoms with E-state index in [1.54, 1.807) is 6.07 Å². The van der Waals surface area contributed by atoms with Crippen molar-refractivity contribution in [3.05, 3.63) is 35.3 Å². The number of nitrogen functional groups attached to an aromatic ring is 1. The van der Waals surface area contributed by atoms with Crippen molar-refractivity contribution in [3.63, 3.8) is 0 Å². The van der Waals surface area contributed by atoms with E-state index in [9.17, 15) is 17.6 Å². The molecule has 0 bridgehead atoms. The molecule has 0 amide bonds. The average molecular weight is 271 g/mol. The summed E-state index contributed by atoms with van der Waals surface area (Å²) in [4.78, 5) is 3.52. The first kappa shape index (κ1) is 12.9. The minimum Gasteiger partial charge on any atom is -0.419 e. The zero-order chi connectivity index (χ0) is 14.2. The van der Waals surface area contributed by atoms with E-state index in [4.69, 9.17) is 15.4 Å². The van der Waals surface area contributed by atoms with Crippen LogP contribution < -0.4 is 5.73 Å². The van der Waals surface area contributed by atoms with Crippen molar-refractivity contribution in [3.8, 4) is 17.5 Å². The van der Waals surface area contributed by atoms with Gasteiger partial charge in [0.25, 0.3) is 0 Å². The molecular formula is C11H5F4N3O. The smallest absolute Gasteiger partial charge is 0.419 e. The molecule has 1 aromatic heterocycles. The van der Waals surface area contributed by atoms with Gasteiger partial charge in [-0.1, -0.05) is 6.07 Å². The Kier molecular flexibility index (Phi) is 2.90. The zero-order valence-electron chi connectivity index (χ0n) is 9.12. The summed E-state index contributed by atoms with van der Waals surface area (Å²) >= 11 is 0. The minimum atomic E-state index is -4.84. The van der Waals surface area contributed by atoms with Gasteiger partial charge in [0.05, 0.1) is 11.1 Å². The number of hydrogen-bond donors (Lipinski definition) is 1. The van der Waals surface area contributed by atoms with Crippen molar-refractivity contribution < 1.29 is 22.0 Å². The molecule has 1 heterocycles. The Balaban J connectivity index is 2.61. The van der Waals surface area contributed by atoms with Crippen molar-refractivity contribution in [1.82, 2.24) is 4.98 Å². The van der Waals surface area contributed by atoms with E-state index in [0.717, 1.165) is 12.1 Å². The van der Waals surface area contributed by atoms with Gasteiger partial charge in [-0.05, 0) is 12.1 Å². The van der Waals surface area contributed by atoms with Gasteiger partial charge in [-0.25, -0.2) is 4.39 Å². The number of rotatable bonds is 1. The predicted molar refractivity (Wildman–Crippen MR) is 56.0 cm³/mol. The highest BCUT2D eigenvalue weighted by Crippen LogP contribution is 2.35. The van der Waals surface area contributed by atoms with Gasteiger partial charge >= 0.3 is 6.18 Å². The molecule has 4 nitrogen and oxygen atoms in total. The van der Waals surface area contributed by atoms with E-state index >= 15 is 0 Å². The maximum Gasteiger partial charge on any atom is 0.419 e. The third-order valence-electron chi connectivity index (χ3n) is 2.29. The SMILES string of the molecule is N#Cc1nc(-c2cccc(C(F)(F)F)c2F)oc1N. The van der Waals surface area contributed by atoms with Crippen LogP contribution in [-0.4, -0.2) is 4.98 Å². The molecule has 0 radical (unpaired) electrons. The second kappa shape index (κ2) is 4.28. The zero-order valence-corrected chi connectivity index (χ0v) is 9.12. The normalized spacial score (nSPS) is 11.3. The topological polar surface area (TPSA) is 75.8 Å². The van der Waals surface area contributed by atoms with Crippen molar-refractivity contribution >= 4 is 5.88 Å². The number of hydrogen-bond acceptors (Lipinski definition) is 4. The van der Waals surface area contributed by atoms with Crippen LogP contribution in [0.3, 0.4) is 0 Å². The monoisotopic (exact) mass is 271 g/mol. The highest BCUT2D eigenvalue weighted by molar-refractivity contribution is 5.59. The number of nitrogens with zero attached hydrogens (tertiary/aromatic N) is 2. The van der Waals surface area contributed by atoms with Gasteiger partial charge in [-0.2, -0.15) is 23.4 Å². The molecule has 0 fully saturated rings. The minimum absolute atomic E-state index is 0.313. The van der Waals surface area contributed by atoms with E-state index in [1.165, 1.54) is 0 Å². The lowest BCUT2D eigenvalue weighted by atomic mass is 10.1. The van der Waals surface area contributed by atoms with Crippen LogP contribution in [0.4, 0.5) is 23.4 Å². The molecule has 0 spiro atoms. The molecular weight excluding hydrogens is 266 g/mol. The molecule has 2 aromatic rings. The fourth-order valence-corrected chi connectivity index (χ4v) is 1.44. The second-order valence-corrected chi connectivity index (χ2v) is 3.51. The molecule has 1 aromatic carbocycles. The molecule has 0 saturated carbocycles. The van der Waals surface area contributed by atoms with Crippen LogP contribution in [0, 0.1) is 17.1 Å². The second-order valence-electron chi connectivity index (χ2n) is 3.51. The molecule has 19 heavy (non-hydrogen) atoms. The van der Waals surface area contributed by atoms with Crippen LogP contribution in [0.2, 0.25) is 0 Å². The molecule has 0 aliphatic heterocycles. The van der Waals surface area contributed by atoms with Gasteiger partial charge in [0.15, 0.2) is 0 Å². The highest BCUT2D eigenvalue weighted by atomic mass is 19.4. The average Bonchev–Trinajstić information content (AvgIpc) is 2.69. The van der Waals surface area contributed by atoms with Gasteiger partial charge in [-0.15, -0.1) is 0 Å². The summed E-state index contributed by atoms with van der Waals surface area (Å²) in [6.45, 7) is 0. The van der Waals surface area contributed by atoms with Crippen LogP contribution >= 0.6 is 0 Å². The van der Waals surface area contributed by atoms with Crippen LogP contribution in [0.25, 0.3) is 11.5 Å². The Labute approximate surface area is 104 Å². The molecule has 8 heteroatoms. The Hall–Kier alpha value is -2.56. The summed E-state index contributed by atoms with van der Waals surface area (Å²) in [5.41, 5.74) is 3.00. The first-order valence-corrected chi connectivity index (χ1v) is 4.87. The number of alkyl halides is 3. The molecule has 0 aliphatic carbocycles. The Morgan fingerprint density at radius 1 is 1.32 bits per heavy atom. The summed E-state index contributed by atoms with van der Waals surface area (Å²) in [6.07, 6.45) is -4.84. The highest BCUT2D eigenvalue weighted by Gasteiger charge is 2.35. The number of nitriles is 1. The summed E-state index contributed by atoms with van der Waals surface area (Å²) in [7, 11) is 0. The van der Waals surface area contributed by atoms with Gasteiger partial charge < -0.3 is 10.2 Å². The summed E-state index contributed by atoms with van der Waals surface area (Å²) in [5.74, 6) is -2.38. The van der Waals surface area contributed by atoms with E-state index in [1.807, 2.05) is 0 Å². The first-order chi connectivity index (χ1) is 8.84. The van der Waals surface area contributed by atoms with Gasteiger partial charge in [0, 0.05) is 0 Å². The van der Waals surface area contributed by atoms with Crippen LogP contribution in [0.15, 0.2) is 22.6 Å². The summed E-state index contributed by atoms with van der Waals surface area (Å²) < 4.78 is 56.1. The molecule has 2 N–H and O–H groups in total. The largest absolute Gasteiger partial charge is 0.419 e. The summed E-state index contributed by atoms with van der Waals surface area (Å²) in [6, 6.07) is 4.23. The fourth-order valence-electron chi connectivity index (χ4n) is 1.44. The summed E-state index contributed by atoms with van der Waals surface area (Å²) in [5, 5.41) is 8.61. The third kappa shape index (κ3) is 2.22. The number of aromatic nitrogens is 1.